The molecule has 0 spiro atoms. The number of hydrogen-bond donors (Lipinski definition) is 1. The molecule has 1 rings (SSSR count). The van der Waals surface area contributed by atoms with E-state index in [4.69, 9.17) is 16.3 Å². The molecule has 0 unspecified atom stereocenters. The van der Waals surface area contributed by atoms with Gasteiger partial charge in [0.25, 0.3) is 0 Å². The maximum atomic E-state index is 11.6. The van der Waals surface area contributed by atoms with Gasteiger partial charge in [-0.1, -0.05) is 18.5 Å². The van der Waals surface area contributed by atoms with Crippen LogP contribution in [-0.2, 0) is 16.1 Å². The first-order valence-corrected chi connectivity index (χ1v) is 7.05. The molecule has 7 heteroatoms. The van der Waals surface area contributed by atoms with E-state index in [9.17, 15) is 4.79 Å². The summed E-state index contributed by atoms with van der Waals surface area (Å²) in [6.07, 6.45) is 0.902. The zero-order valence-corrected chi connectivity index (χ0v) is 12.9. The number of ether oxygens (including phenoxy) is 1. The molecule has 0 saturated carbocycles. The van der Waals surface area contributed by atoms with E-state index in [1.54, 1.807) is 13.1 Å². The van der Waals surface area contributed by atoms with Crippen LogP contribution < -0.4 is 10.2 Å². The van der Waals surface area contributed by atoms with Crippen LogP contribution >= 0.6 is 11.6 Å². The summed E-state index contributed by atoms with van der Waals surface area (Å²) in [6.45, 7) is 5.80. The Morgan fingerprint density at radius 1 is 1.45 bits per heavy atom. The van der Waals surface area contributed by atoms with E-state index in [2.05, 4.69) is 15.3 Å². The summed E-state index contributed by atoms with van der Waals surface area (Å²) in [5, 5.41) is 2.96. The van der Waals surface area contributed by atoms with E-state index in [0.29, 0.717) is 30.0 Å². The van der Waals surface area contributed by atoms with Crippen molar-refractivity contribution in [2.45, 2.75) is 26.9 Å². The third-order valence-electron chi connectivity index (χ3n) is 2.59. The molecule has 0 atom stereocenters. The number of nitrogens with one attached hydrogen (secondary N) is 1. The van der Waals surface area contributed by atoms with Gasteiger partial charge in [0.1, 0.15) is 17.6 Å². The van der Waals surface area contributed by atoms with Gasteiger partial charge in [-0.25, -0.2) is 9.97 Å². The minimum Gasteiger partial charge on any atom is -0.374 e. The van der Waals surface area contributed by atoms with Crippen LogP contribution in [0.2, 0.25) is 5.15 Å². The first-order chi connectivity index (χ1) is 9.60. The average molecular weight is 301 g/mol. The first-order valence-electron chi connectivity index (χ1n) is 6.67. The number of carbonyl (C=O) groups excluding carboxylic acids is 1. The molecule has 0 aromatic carbocycles. The molecule has 1 amide bonds. The second-order valence-electron chi connectivity index (χ2n) is 4.20. The lowest BCUT2D eigenvalue weighted by atomic mass is 10.3. The minimum absolute atomic E-state index is 0.0699. The van der Waals surface area contributed by atoms with Gasteiger partial charge < -0.3 is 15.0 Å². The number of aromatic nitrogens is 2. The Hall–Kier alpha value is -1.40. The van der Waals surface area contributed by atoms with Crippen LogP contribution in [0.15, 0.2) is 6.07 Å². The van der Waals surface area contributed by atoms with Crippen molar-refractivity contribution in [2.24, 2.45) is 0 Å². The lowest BCUT2D eigenvalue weighted by molar-refractivity contribution is -0.119. The summed E-state index contributed by atoms with van der Waals surface area (Å²) in [4.78, 5) is 22.0. The first kappa shape index (κ1) is 16.7. The Morgan fingerprint density at radius 3 is 2.80 bits per heavy atom. The van der Waals surface area contributed by atoms with Gasteiger partial charge in [-0.3, -0.25) is 4.79 Å². The number of likely N-dealkylation sites (N-methyl/N-ethyl adjacent to an activating group) is 1. The largest absolute Gasteiger partial charge is 0.374 e. The highest BCUT2D eigenvalue weighted by atomic mass is 35.5. The van der Waals surface area contributed by atoms with E-state index in [1.807, 2.05) is 18.7 Å². The lowest BCUT2D eigenvalue weighted by Gasteiger charge is -2.22. The molecule has 1 aromatic heterocycles. The van der Waals surface area contributed by atoms with E-state index in [0.717, 1.165) is 13.0 Å². The molecule has 0 radical (unpaired) electrons. The van der Waals surface area contributed by atoms with Crippen molar-refractivity contribution in [1.29, 1.82) is 0 Å². The van der Waals surface area contributed by atoms with Crippen LogP contribution in [0.5, 0.6) is 0 Å². The molecule has 6 nitrogen and oxygen atoms in total. The van der Waals surface area contributed by atoms with E-state index >= 15 is 0 Å². The maximum Gasteiger partial charge on any atom is 0.239 e. The molecular weight excluding hydrogens is 280 g/mol. The quantitative estimate of drug-likeness (QED) is 0.739. The number of halogens is 1. The van der Waals surface area contributed by atoms with Crippen LogP contribution in [0.4, 0.5) is 5.82 Å². The van der Waals surface area contributed by atoms with Gasteiger partial charge in [-0.05, 0) is 13.3 Å². The molecule has 0 aliphatic heterocycles. The lowest BCUT2D eigenvalue weighted by Crippen LogP contribution is -2.36. The van der Waals surface area contributed by atoms with Gasteiger partial charge in [0.2, 0.25) is 5.91 Å². The third kappa shape index (κ3) is 5.30. The number of carbonyl (C=O) groups is 1. The van der Waals surface area contributed by atoms with Gasteiger partial charge in [-0.2, -0.15) is 0 Å². The molecule has 1 N–H and O–H groups in total. The molecule has 1 aromatic rings. The van der Waals surface area contributed by atoms with Crippen molar-refractivity contribution in [3.8, 4) is 0 Å². The number of nitrogens with zero attached hydrogens (tertiary/aromatic N) is 3. The van der Waals surface area contributed by atoms with Crippen molar-refractivity contribution < 1.29 is 9.53 Å². The standard InChI is InChI=1S/C13H21ClN4O2/c1-4-6-18(8-13(19)15-3)12-7-10(14)16-11(17-12)9-20-5-2/h7H,4-6,8-9H2,1-3H3,(H,15,19). The smallest absolute Gasteiger partial charge is 0.239 e. The summed E-state index contributed by atoms with van der Waals surface area (Å²) in [7, 11) is 1.61. The number of rotatable bonds is 8. The zero-order valence-electron chi connectivity index (χ0n) is 12.1. The highest BCUT2D eigenvalue weighted by molar-refractivity contribution is 6.29. The molecule has 0 fully saturated rings. The second kappa shape index (κ2) is 8.71. The summed E-state index contributed by atoms with van der Waals surface area (Å²) < 4.78 is 5.29. The van der Waals surface area contributed by atoms with Crippen molar-refractivity contribution in [3.05, 3.63) is 17.0 Å². The Morgan fingerprint density at radius 2 is 2.20 bits per heavy atom. The van der Waals surface area contributed by atoms with Crippen LogP contribution in [0.25, 0.3) is 0 Å². The second-order valence-corrected chi connectivity index (χ2v) is 4.58. The third-order valence-corrected chi connectivity index (χ3v) is 2.79. The van der Waals surface area contributed by atoms with E-state index in [1.165, 1.54) is 0 Å². The number of anilines is 1. The molecule has 0 bridgehead atoms. The summed E-state index contributed by atoms with van der Waals surface area (Å²) in [5.41, 5.74) is 0. The van der Waals surface area contributed by atoms with Crippen molar-refractivity contribution in [2.75, 3.05) is 31.6 Å². The number of hydrogen-bond acceptors (Lipinski definition) is 5. The van der Waals surface area contributed by atoms with Gasteiger partial charge >= 0.3 is 0 Å². The fraction of sp³-hybridized carbons (Fsp3) is 0.615. The van der Waals surface area contributed by atoms with Crippen LogP contribution in [-0.4, -0.2) is 42.6 Å². The Bertz CT molecular complexity index is 442. The molecule has 0 aliphatic rings. The fourth-order valence-corrected chi connectivity index (χ4v) is 1.86. The predicted octanol–water partition coefficient (Wildman–Crippen LogP) is 1.63. The monoisotopic (exact) mass is 300 g/mol. The van der Waals surface area contributed by atoms with Crippen LogP contribution in [0.1, 0.15) is 26.1 Å². The van der Waals surface area contributed by atoms with Crippen LogP contribution in [0.3, 0.4) is 0 Å². The van der Waals surface area contributed by atoms with E-state index < -0.39 is 0 Å². The minimum atomic E-state index is -0.0699. The summed E-state index contributed by atoms with van der Waals surface area (Å²) in [6, 6.07) is 1.66. The molecule has 112 valence electrons. The maximum absolute atomic E-state index is 11.6. The molecule has 0 aliphatic carbocycles. The van der Waals surface area contributed by atoms with Gasteiger partial charge in [-0.15, -0.1) is 0 Å². The number of amides is 1. The van der Waals surface area contributed by atoms with Crippen LogP contribution in [0, 0.1) is 0 Å². The van der Waals surface area contributed by atoms with Gasteiger partial charge in [0.15, 0.2) is 5.82 Å². The van der Waals surface area contributed by atoms with Crippen molar-refractivity contribution >= 4 is 23.3 Å². The van der Waals surface area contributed by atoms with Gasteiger partial charge in [0.05, 0.1) is 6.54 Å². The Balaban J connectivity index is 2.93. The topological polar surface area (TPSA) is 67.4 Å². The Kier molecular flexibility index (Phi) is 7.25. The highest BCUT2D eigenvalue weighted by Crippen LogP contribution is 2.17. The Labute approximate surface area is 124 Å². The summed E-state index contributed by atoms with van der Waals surface area (Å²) in [5.74, 6) is 1.09. The fourth-order valence-electron chi connectivity index (χ4n) is 1.67. The normalized spacial score (nSPS) is 10.4. The molecule has 1 heterocycles. The van der Waals surface area contributed by atoms with E-state index in [-0.39, 0.29) is 12.5 Å². The summed E-state index contributed by atoms with van der Waals surface area (Å²) >= 11 is 6.01. The zero-order chi connectivity index (χ0) is 15.0. The van der Waals surface area contributed by atoms with Crippen molar-refractivity contribution in [3.63, 3.8) is 0 Å². The SMILES string of the molecule is CCCN(CC(=O)NC)c1cc(Cl)nc(COCC)n1. The molecule has 0 saturated heterocycles. The van der Waals surface area contributed by atoms with Crippen molar-refractivity contribution in [1.82, 2.24) is 15.3 Å². The average Bonchev–Trinajstić information content (AvgIpc) is 2.43. The predicted molar refractivity (Wildman–Crippen MR) is 78.9 cm³/mol. The highest BCUT2D eigenvalue weighted by Gasteiger charge is 2.13. The van der Waals surface area contributed by atoms with Gasteiger partial charge in [0, 0.05) is 26.3 Å². The molecule has 20 heavy (non-hydrogen) atoms. The molecular formula is C13H21ClN4O2.